The molecule has 5 heteroatoms. The highest BCUT2D eigenvalue weighted by Crippen LogP contribution is 2.28. The predicted octanol–water partition coefficient (Wildman–Crippen LogP) is 2.77. The number of nitro benzene ring substituents is 1. The van der Waals surface area contributed by atoms with Crippen molar-refractivity contribution in [3.8, 4) is 0 Å². The summed E-state index contributed by atoms with van der Waals surface area (Å²) in [6, 6.07) is 4.83. The van der Waals surface area contributed by atoms with E-state index in [9.17, 15) is 10.1 Å². The van der Waals surface area contributed by atoms with E-state index >= 15 is 0 Å². The molecule has 0 aliphatic carbocycles. The minimum absolute atomic E-state index is 0.0615. The molecule has 1 atom stereocenters. The van der Waals surface area contributed by atoms with Gasteiger partial charge in [0.1, 0.15) is 0 Å². The fourth-order valence-electron chi connectivity index (χ4n) is 1.14. The lowest BCUT2D eigenvalue weighted by atomic mass is 10.1. The van der Waals surface area contributed by atoms with Crippen LogP contribution >= 0.6 is 15.9 Å². The smallest absolute Gasteiger partial charge is 0.283 e. The maximum atomic E-state index is 10.6. The van der Waals surface area contributed by atoms with Gasteiger partial charge in [-0.1, -0.05) is 13.0 Å². The van der Waals surface area contributed by atoms with Crippen LogP contribution in [0, 0.1) is 10.1 Å². The summed E-state index contributed by atoms with van der Waals surface area (Å²) in [5, 5.41) is 10.6. The number of benzene rings is 1. The van der Waals surface area contributed by atoms with Crippen molar-refractivity contribution in [3.05, 3.63) is 38.3 Å². The van der Waals surface area contributed by atoms with Crippen LogP contribution in [0.25, 0.3) is 0 Å². The third-order valence-corrected chi connectivity index (χ3v) is 2.71. The minimum Gasteiger partial charge on any atom is -0.324 e. The Morgan fingerprint density at radius 1 is 1.64 bits per heavy atom. The monoisotopic (exact) mass is 258 g/mol. The lowest BCUT2D eigenvalue weighted by Crippen LogP contribution is -2.08. The summed E-state index contributed by atoms with van der Waals surface area (Å²) in [7, 11) is 0. The van der Waals surface area contributed by atoms with Crippen LogP contribution in [0.1, 0.15) is 24.9 Å². The van der Waals surface area contributed by atoms with Crippen molar-refractivity contribution >= 4 is 21.6 Å². The predicted molar refractivity (Wildman–Crippen MR) is 58.0 cm³/mol. The first kappa shape index (κ1) is 11.1. The molecule has 0 aliphatic rings. The number of nitrogens with two attached hydrogens (primary N) is 1. The zero-order valence-electron chi connectivity index (χ0n) is 7.74. The van der Waals surface area contributed by atoms with Gasteiger partial charge < -0.3 is 5.73 Å². The van der Waals surface area contributed by atoms with E-state index in [4.69, 9.17) is 5.73 Å². The number of hydrogen-bond donors (Lipinski definition) is 1. The Bertz CT molecular complexity index is 355. The van der Waals surface area contributed by atoms with E-state index in [1.54, 1.807) is 12.1 Å². The molecule has 0 saturated heterocycles. The average molecular weight is 259 g/mol. The zero-order valence-corrected chi connectivity index (χ0v) is 9.32. The highest BCUT2D eigenvalue weighted by Gasteiger charge is 2.14. The standard InChI is InChI=1S/C9H11BrN2O2/c1-2-8(11)6-3-4-7(10)9(5-6)12(13)14/h3-5,8H,2,11H2,1H3/t8-/m1/s1. The van der Waals surface area contributed by atoms with Gasteiger partial charge in [0.2, 0.25) is 0 Å². The van der Waals surface area contributed by atoms with Crippen molar-refractivity contribution in [2.24, 2.45) is 5.73 Å². The summed E-state index contributed by atoms with van der Waals surface area (Å²) in [5.74, 6) is 0. The molecular weight excluding hydrogens is 248 g/mol. The van der Waals surface area contributed by atoms with Crippen LogP contribution < -0.4 is 5.73 Å². The van der Waals surface area contributed by atoms with Crippen molar-refractivity contribution in [1.29, 1.82) is 0 Å². The Morgan fingerprint density at radius 3 is 2.79 bits per heavy atom. The van der Waals surface area contributed by atoms with Gasteiger partial charge in [0.15, 0.2) is 0 Å². The van der Waals surface area contributed by atoms with E-state index in [1.807, 2.05) is 6.92 Å². The fourth-order valence-corrected chi connectivity index (χ4v) is 1.53. The molecule has 0 radical (unpaired) electrons. The second-order valence-corrected chi connectivity index (χ2v) is 3.84. The highest BCUT2D eigenvalue weighted by atomic mass is 79.9. The molecular formula is C9H11BrN2O2. The fraction of sp³-hybridized carbons (Fsp3) is 0.333. The maximum Gasteiger partial charge on any atom is 0.283 e. The van der Waals surface area contributed by atoms with Crippen LogP contribution in [-0.2, 0) is 0 Å². The van der Waals surface area contributed by atoms with Crippen LogP contribution in [0.5, 0.6) is 0 Å². The highest BCUT2D eigenvalue weighted by molar-refractivity contribution is 9.10. The number of nitro groups is 1. The second-order valence-electron chi connectivity index (χ2n) is 2.98. The molecule has 0 fully saturated rings. The lowest BCUT2D eigenvalue weighted by Gasteiger charge is -2.08. The van der Waals surface area contributed by atoms with Crippen molar-refractivity contribution in [2.45, 2.75) is 19.4 Å². The van der Waals surface area contributed by atoms with Crippen LogP contribution in [0.2, 0.25) is 0 Å². The van der Waals surface area contributed by atoms with Crippen molar-refractivity contribution in [1.82, 2.24) is 0 Å². The summed E-state index contributed by atoms with van der Waals surface area (Å²) in [5.41, 5.74) is 6.63. The summed E-state index contributed by atoms with van der Waals surface area (Å²) >= 11 is 3.12. The molecule has 0 bridgehead atoms. The van der Waals surface area contributed by atoms with Gasteiger partial charge in [-0.3, -0.25) is 10.1 Å². The average Bonchev–Trinajstić information content (AvgIpc) is 2.17. The summed E-state index contributed by atoms with van der Waals surface area (Å²) in [6.07, 6.45) is 0.763. The molecule has 1 aromatic carbocycles. The zero-order chi connectivity index (χ0) is 10.7. The van der Waals surface area contributed by atoms with Gasteiger partial charge in [-0.25, -0.2) is 0 Å². The molecule has 0 aliphatic heterocycles. The Morgan fingerprint density at radius 2 is 2.29 bits per heavy atom. The van der Waals surface area contributed by atoms with Crippen LogP contribution in [0.15, 0.2) is 22.7 Å². The number of hydrogen-bond acceptors (Lipinski definition) is 3. The van der Waals surface area contributed by atoms with E-state index in [-0.39, 0.29) is 11.7 Å². The van der Waals surface area contributed by atoms with E-state index in [0.717, 1.165) is 12.0 Å². The van der Waals surface area contributed by atoms with Crippen LogP contribution in [0.4, 0.5) is 5.69 Å². The van der Waals surface area contributed by atoms with E-state index < -0.39 is 4.92 Å². The molecule has 14 heavy (non-hydrogen) atoms. The summed E-state index contributed by atoms with van der Waals surface area (Å²) in [4.78, 5) is 10.2. The number of nitrogens with zero attached hydrogens (tertiary/aromatic N) is 1. The second kappa shape index (κ2) is 4.52. The Hall–Kier alpha value is -0.940. The van der Waals surface area contributed by atoms with Gasteiger partial charge in [-0.2, -0.15) is 0 Å². The quantitative estimate of drug-likeness (QED) is 0.670. The van der Waals surface area contributed by atoms with Crippen molar-refractivity contribution in [2.75, 3.05) is 0 Å². The molecule has 0 heterocycles. The molecule has 0 aromatic heterocycles. The van der Waals surface area contributed by atoms with E-state index in [1.165, 1.54) is 6.07 Å². The maximum absolute atomic E-state index is 10.6. The Kier molecular flexibility index (Phi) is 3.60. The first-order valence-corrected chi connectivity index (χ1v) is 5.05. The molecule has 0 unspecified atom stereocenters. The third-order valence-electron chi connectivity index (χ3n) is 2.03. The molecule has 2 N–H and O–H groups in total. The summed E-state index contributed by atoms with van der Waals surface area (Å²) in [6.45, 7) is 1.94. The summed E-state index contributed by atoms with van der Waals surface area (Å²) < 4.78 is 0.481. The van der Waals surface area contributed by atoms with Crippen molar-refractivity contribution in [3.63, 3.8) is 0 Å². The van der Waals surface area contributed by atoms with Gasteiger partial charge in [-0.15, -0.1) is 0 Å². The molecule has 76 valence electrons. The van der Waals surface area contributed by atoms with Gasteiger partial charge >= 0.3 is 0 Å². The van der Waals surface area contributed by atoms with E-state index in [2.05, 4.69) is 15.9 Å². The number of rotatable bonds is 3. The third kappa shape index (κ3) is 2.30. The molecule has 0 saturated carbocycles. The molecule has 4 nitrogen and oxygen atoms in total. The normalized spacial score (nSPS) is 12.5. The van der Waals surface area contributed by atoms with Crippen LogP contribution in [0.3, 0.4) is 0 Å². The number of halogens is 1. The van der Waals surface area contributed by atoms with Crippen molar-refractivity contribution < 1.29 is 4.92 Å². The minimum atomic E-state index is -0.421. The Labute approximate surface area is 90.4 Å². The van der Waals surface area contributed by atoms with E-state index in [0.29, 0.717) is 4.47 Å². The molecule has 1 aromatic rings. The largest absolute Gasteiger partial charge is 0.324 e. The topological polar surface area (TPSA) is 69.2 Å². The van der Waals surface area contributed by atoms with Crippen LogP contribution in [-0.4, -0.2) is 4.92 Å². The molecule has 1 rings (SSSR count). The molecule has 0 spiro atoms. The van der Waals surface area contributed by atoms with Gasteiger partial charge in [-0.05, 0) is 34.0 Å². The SMILES string of the molecule is CC[C@@H](N)c1ccc(Br)c([N+](=O)[O-])c1. The lowest BCUT2D eigenvalue weighted by molar-refractivity contribution is -0.385. The first-order valence-electron chi connectivity index (χ1n) is 4.25. The first-order chi connectivity index (χ1) is 6.56. The van der Waals surface area contributed by atoms with Gasteiger partial charge in [0.05, 0.1) is 9.40 Å². The Balaban J connectivity index is 3.12. The molecule has 0 amide bonds. The van der Waals surface area contributed by atoms with Gasteiger partial charge in [0.25, 0.3) is 5.69 Å². The van der Waals surface area contributed by atoms with Gasteiger partial charge in [0, 0.05) is 12.1 Å².